The Kier molecular flexibility index (Phi) is 5.97. The van der Waals surface area contributed by atoms with Crippen molar-refractivity contribution in [1.82, 2.24) is 15.2 Å². The maximum absolute atomic E-state index is 12.7. The standard InChI is InChI=1S/C21H19ClN4O2/c1-26(13-23)21(28)19(10-16-12-24-18-8-3-2-7-17(16)18)25-20(27)15-6-4-5-14(9-15)11-22/h2-9,12,19,24H,10-11H2,1H3,(H,25,27). The van der Waals surface area contributed by atoms with E-state index in [0.29, 0.717) is 5.56 Å². The molecule has 28 heavy (non-hydrogen) atoms. The van der Waals surface area contributed by atoms with Crippen LogP contribution in [-0.4, -0.2) is 34.8 Å². The summed E-state index contributed by atoms with van der Waals surface area (Å²) in [5.74, 6) is -0.582. The summed E-state index contributed by atoms with van der Waals surface area (Å²) in [7, 11) is 1.38. The van der Waals surface area contributed by atoms with Crippen molar-refractivity contribution in [2.45, 2.75) is 18.3 Å². The molecular weight excluding hydrogens is 376 g/mol. The lowest BCUT2D eigenvalue weighted by Gasteiger charge is -2.20. The number of halogens is 1. The normalized spacial score (nSPS) is 11.6. The molecule has 0 aliphatic heterocycles. The second kappa shape index (κ2) is 8.59. The third-order valence-corrected chi connectivity index (χ3v) is 4.84. The molecule has 2 N–H and O–H groups in total. The average Bonchev–Trinajstić information content (AvgIpc) is 3.15. The number of H-pyrrole nitrogens is 1. The number of hydrogen-bond acceptors (Lipinski definition) is 3. The van der Waals surface area contributed by atoms with Crippen molar-refractivity contribution in [3.8, 4) is 6.19 Å². The monoisotopic (exact) mass is 394 g/mol. The van der Waals surface area contributed by atoms with Crippen LogP contribution in [-0.2, 0) is 17.1 Å². The number of nitriles is 1. The number of para-hydroxylation sites is 1. The van der Waals surface area contributed by atoms with E-state index < -0.39 is 17.9 Å². The van der Waals surface area contributed by atoms with E-state index in [1.54, 1.807) is 24.4 Å². The minimum atomic E-state index is -0.879. The van der Waals surface area contributed by atoms with Crippen LogP contribution in [0.2, 0.25) is 0 Å². The van der Waals surface area contributed by atoms with Crippen LogP contribution < -0.4 is 5.32 Å². The molecule has 2 amide bonds. The lowest BCUT2D eigenvalue weighted by atomic mass is 10.0. The van der Waals surface area contributed by atoms with Gasteiger partial charge < -0.3 is 10.3 Å². The van der Waals surface area contributed by atoms with Crippen molar-refractivity contribution >= 4 is 34.3 Å². The molecule has 2 aromatic carbocycles. The van der Waals surface area contributed by atoms with Crippen LogP contribution in [0.4, 0.5) is 0 Å². The highest BCUT2D eigenvalue weighted by Gasteiger charge is 2.26. The molecule has 0 spiro atoms. The van der Waals surface area contributed by atoms with E-state index in [-0.39, 0.29) is 12.3 Å². The summed E-state index contributed by atoms with van der Waals surface area (Å²) in [6.07, 6.45) is 3.88. The number of hydrogen-bond donors (Lipinski definition) is 2. The highest BCUT2D eigenvalue weighted by molar-refractivity contribution is 6.17. The van der Waals surface area contributed by atoms with Gasteiger partial charge in [0.1, 0.15) is 6.04 Å². The minimum absolute atomic E-state index is 0.260. The fourth-order valence-corrected chi connectivity index (χ4v) is 3.21. The Morgan fingerprint density at radius 3 is 2.79 bits per heavy atom. The number of likely N-dealkylation sites (N-methyl/N-ethyl adjacent to an activating group) is 1. The lowest BCUT2D eigenvalue weighted by molar-refractivity contribution is -0.129. The predicted octanol–water partition coefficient (Wildman–Crippen LogP) is 3.19. The Morgan fingerprint density at radius 2 is 2.04 bits per heavy atom. The fraction of sp³-hybridized carbons (Fsp3) is 0.190. The van der Waals surface area contributed by atoms with Gasteiger partial charge in [-0.3, -0.25) is 14.5 Å². The molecule has 0 saturated carbocycles. The largest absolute Gasteiger partial charge is 0.361 e. The number of alkyl halides is 1. The zero-order valence-electron chi connectivity index (χ0n) is 15.3. The van der Waals surface area contributed by atoms with Gasteiger partial charge in [-0.15, -0.1) is 11.6 Å². The number of rotatable bonds is 6. The number of aromatic nitrogens is 1. The van der Waals surface area contributed by atoms with Crippen molar-refractivity contribution < 1.29 is 9.59 Å². The zero-order valence-corrected chi connectivity index (χ0v) is 16.0. The Morgan fingerprint density at radius 1 is 1.25 bits per heavy atom. The summed E-state index contributed by atoms with van der Waals surface area (Å²) in [6, 6.07) is 13.7. The van der Waals surface area contributed by atoms with Crippen LogP contribution in [0.25, 0.3) is 10.9 Å². The molecule has 6 nitrogen and oxygen atoms in total. The second-order valence-corrected chi connectivity index (χ2v) is 6.69. The van der Waals surface area contributed by atoms with Crippen molar-refractivity contribution in [2.24, 2.45) is 0 Å². The van der Waals surface area contributed by atoms with Gasteiger partial charge in [-0.25, -0.2) is 0 Å². The third kappa shape index (κ3) is 4.16. The molecule has 0 saturated heterocycles. The number of nitrogens with one attached hydrogen (secondary N) is 2. The summed E-state index contributed by atoms with van der Waals surface area (Å²) in [5, 5.41) is 12.8. The molecule has 3 aromatic rings. The molecule has 0 fully saturated rings. The van der Waals surface area contributed by atoms with Gasteiger partial charge in [0.15, 0.2) is 6.19 Å². The Bertz CT molecular complexity index is 1050. The van der Waals surface area contributed by atoms with Gasteiger partial charge >= 0.3 is 0 Å². The fourth-order valence-electron chi connectivity index (χ4n) is 3.04. The number of aromatic amines is 1. The molecule has 0 aliphatic rings. The van der Waals surface area contributed by atoms with Gasteiger partial charge in [-0.2, -0.15) is 5.26 Å². The number of carbonyl (C=O) groups is 2. The SMILES string of the molecule is CN(C#N)C(=O)C(Cc1c[nH]c2ccccc12)NC(=O)c1cccc(CCl)c1. The van der Waals surface area contributed by atoms with Crippen molar-refractivity contribution in [3.63, 3.8) is 0 Å². The van der Waals surface area contributed by atoms with Gasteiger partial charge in [0, 0.05) is 42.0 Å². The Labute approximate surface area is 167 Å². The quantitative estimate of drug-likeness (QED) is 0.382. The number of amides is 2. The molecule has 1 atom stereocenters. The molecule has 1 heterocycles. The van der Waals surface area contributed by atoms with Crippen LogP contribution >= 0.6 is 11.6 Å². The van der Waals surface area contributed by atoms with Crippen LogP contribution in [0.15, 0.2) is 54.7 Å². The molecule has 1 unspecified atom stereocenters. The van der Waals surface area contributed by atoms with Gasteiger partial charge in [0.2, 0.25) is 0 Å². The molecule has 0 aliphatic carbocycles. The van der Waals surface area contributed by atoms with Crippen molar-refractivity contribution in [1.29, 1.82) is 5.26 Å². The van der Waals surface area contributed by atoms with Crippen LogP contribution in [0, 0.1) is 11.5 Å². The number of carbonyl (C=O) groups excluding carboxylic acids is 2. The second-order valence-electron chi connectivity index (χ2n) is 6.42. The maximum Gasteiger partial charge on any atom is 0.258 e. The summed E-state index contributed by atoms with van der Waals surface area (Å²) >= 11 is 5.84. The average molecular weight is 395 g/mol. The van der Waals surface area contributed by atoms with E-state index in [4.69, 9.17) is 16.9 Å². The zero-order chi connectivity index (χ0) is 20.1. The third-order valence-electron chi connectivity index (χ3n) is 4.53. The van der Waals surface area contributed by atoms with Crippen molar-refractivity contribution in [2.75, 3.05) is 7.05 Å². The first-order valence-electron chi connectivity index (χ1n) is 8.71. The maximum atomic E-state index is 12.7. The summed E-state index contributed by atoms with van der Waals surface area (Å²) in [4.78, 5) is 29.5. The van der Waals surface area contributed by atoms with E-state index >= 15 is 0 Å². The topological polar surface area (TPSA) is 89.0 Å². The molecule has 3 rings (SSSR count). The van der Waals surface area contributed by atoms with Gasteiger partial charge in [0.25, 0.3) is 11.8 Å². The van der Waals surface area contributed by atoms with E-state index in [1.807, 2.05) is 36.5 Å². The van der Waals surface area contributed by atoms with Gasteiger partial charge in [0.05, 0.1) is 0 Å². The van der Waals surface area contributed by atoms with Crippen LogP contribution in [0.1, 0.15) is 21.5 Å². The molecule has 1 aromatic heterocycles. The number of fused-ring (bicyclic) bond motifs is 1. The minimum Gasteiger partial charge on any atom is -0.361 e. The predicted molar refractivity (Wildman–Crippen MR) is 108 cm³/mol. The number of benzene rings is 2. The first-order valence-corrected chi connectivity index (χ1v) is 9.25. The van der Waals surface area contributed by atoms with Gasteiger partial charge in [-0.05, 0) is 29.3 Å². The molecular formula is C21H19ClN4O2. The summed E-state index contributed by atoms with van der Waals surface area (Å²) < 4.78 is 0. The molecule has 0 radical (unpaired) electrons. The highest BCUT2D eigenvalue weighted by Crippen LogP contribution is 2.20. The summed E-state index contributed by atoms with van der Waals surface area (Å²) in [6.45, 7) is 0. The smallest absolute Gasteiger partial charge is 0.258 e. The van der Waals surface area contributed by atoms with Gasteiger partial charge in [-0.1, -0.05) is 30.3 Å². The lowest BCUT2D eigenvalue weighted by Crippen LogP contribution is -2.47. The number of nitrogens with zero attached hydrogens (tertiary/aromatic N) is 2. The first-order chi connectivity index (χ1) is 13.5. The van der Waals surface area contributed by atoms with E-state index in [2.05, 4.69) is 10.3 Å². The molecule has 7 heteroatoms. The van der Waals surface area contributed by atoms with E-state index in [9.17, 15) is 9.59 Å². The van der Waals surface area contributed by atoms with Crippen molar-refractivity contribution in [3.05, 3.63) is 71.4 Å². The Hall–Kier alpha value is -3.30. The van der Waals surface area contributed by atoms with E-state index in [1.165, 1.54) is 7.05 Å². The van der Waals surface area contributed by atoms with E-state index in [0.717, 1.165) is 26.9 Å². The first kappa shape index (κ1) is 19.5. The van der Waals surface area contributed by atoms with Crippen LogP contribution in [0.3, 0.4) is 0 Å². The summed E-state index contributed by atoms with van der Waals surface area (Å²) in [5.41, 5.74) is 3.05. The molecule has 142 valence electrons. The Balaban J connectivity index is 1.87. The highest BCUT2D eigenvalue weighted by atomic mass is 35.5. The molecule has 0 bridgehead atoms. The van der Waals surface area contributed by atoms with Crippen LogP contribution in [0.5, 0.6) is 0 Å².